The summed E-state index contributed by atoms with van der Waals surface area (Å²) in [5.74, 6) is -1.69. The molecular weight excluding hydrogens is 601 g/mol. The van der Waals surface area contributed by atoms with Gasteiger partial charge in [-0.25, -0.2) is 12.8 Å². The fourth-order valence-electron chi connectivity index (χ4n) is 5.96. The highest BCUT2D eigenvalue weighted by molar-refractivity contribution is 7.92. The van der Waals surface area contributed by atoms with Crippen LogP contribution in [-0.4, -0.2) is 43.8 Å². The Morgan fingerprint density at radius 2 is 1.43 bits per heavy atom. The van der Waals surface area contributed by atoms with E-state index in [4.69, 9.17) is 0 Å². The van der Waals surface area contributed by atoms with E-state index in [9.17, 15) is 18.0 Å². The van der Waals surface area contributed by atoms with Crippen LogP contribution in [0, 0.1) is 12.7 Å². The van der Waals surface area contributed by atoms with Crippen molar-refractivity contribution in [1.82, 2.24) is 10.2 Å². The van der Waals surface area contributed by atoms with Crippen LogP contribution < -0.4 is 9.62 Å². The number of rotatable bonds is 12. The van der Waals surface area contributed by atoms with Crippen LogP contribution in [0.1, 0.15) is 48.8 Å². The highest BCUT2D eigenvalue weighted by atomic mass is 32.2. The molecule has 0 unspecified atom stereocenters. The number of hydrogen-bond acceptors (Lipinski definition) is 4. The summed E-state index contributed by atoms with van der Waals surface area (Å²) in [6, 6.07) is 29.2. The van der Waals surface area contributed by atoms with Gasteiger partial charge >= 0.3 is 0 Å². The van der Waals surface area contributed by atoms with Crippen molar-refractivity contribution in [2.24, 2.45) is 0 Å². The van der Waals surface area contributed by atoms with Crippen molar-refractivity contribution in [2.75, 3.05) is 10.8 Å². The molecule has 0 radical (unpaired) electrons. The molecule has 4 aromatic rings. The van der Waals surface area contributed by atoms with E-state index in [1.165, 1.54) is 35.2 Å². The molecule has 1 N–H and O–H groups in total. The Hall–Kier alpha value is -4.50. The molecule has 1 aliphatic rings. The van der Waals surface area contributed by atoms with Crippen LogP contribution >= 0.6 is 0 Å². The van der Waals surface area contributed by atoms with E-state index >= 15 is 4.39 Å². The lowest BCUT2D eigenvalue weighted by atomic mass is 9.94. The molecule has 1 saturated carbocycles. The normalized spacial score (nSPS) is 14.3. The quantitative estimate of drug-likeness (QED) is 0.194. The summed E-state index contributed by atoms with van der Waals surface area (Å²) in [7, 11) is -4.37. The van der Waals surface area contributed by atoms with Crippen molar-refractivity contribution < 1.29 is 22.4 Å². The van der Waals surface area contributed by atoms with E-state index in [0.717, 1.165) is 59.2 Å². The third-order valence-corrected chi connectivity index (χ3v) is 10.3. The Balaban J connectivity index is 1.57. The number of nitrogens with zero attached hydrogens (tertiary/aromatic N) is 2. The summed E-state index contributed by atoms with van der Waals surface area (Å²) < 4.78 is 44.1. The van der Waals surface area contributed by atoms with Crippen LogP contribution in [0.2, 0.25) is 0 Å². The van der Waals surface area contributed by atoms with Gasteiger partial charge in [0.15, 0.2) is 0 Å². The smallest absolute Gasteiger partial charge is 0.264 e. The van der Waals surface area contributed by atoms with Gasteiger partial charge in [0.2, 0.25) is 11.8 Å². The molecule has 0 aromatic heterocycles. The number of hydrogen-bond donors (Lipinski definition) is 1. The van der Waals surface area contributed by atoms with Crippen LogP contribution in [0.25, 0.3) is 0 Å². The second-order valence-electron chi connectivity index (χ2n) is 11.8. The number of nitrogens with one attached hydrogen (secondary N) is 1. The fraction of sp³-hybridized carbons (Fsp3) is 0.297. The first kappa shape index (κ1) is 32.9. The third-order valence-electron chi connectivity index (χ3n) is 8.56. The topological polar surface area (TPSA) is 86.8 Å². The third kappa shape index (κ3) is 8.01. The van der Waals surface area contributed by atoms with Gasteiger partial charge in [0.25, 0.3) is 10.0 Å². The second-order valence-corrected chi connectivity index (χ2v) is 13.6. The molecule has 5 rings (SSSR count). The number of carbonyl (C=O) groups is 2. The minimum Gasteiger partial charge on any atom is -0.352 e. The van der Waals surface area contributed by atoms with E-state index < -0.39 is 34.3 Å². The lowest BCUT2D eigenvalue weighted by Gasteiger charge is -2.35. The Bertz CT molecular complexity index is 1730. The van der Waals surface area contributed by atoms with Gasteiger partial charge in [0, 0.05) is 19.0 Å². The average Bonchev–Trinajstić information content (AvgIpc) is 3.07. The van der Waals surface area contributed by atoms with Crippen LogP contribution in [0.3, 0.4) is 0 Å². The van der Waals surface area contributed by atoms with E-state index in [0.29, 0.717) is 0 Å². The van der Waals surface area contributed by atoms with Gasteiger partial charge in [-0.2, -0.15) is 0 Å². The van der Waals surface area contributed by atoms with E-state index in [1.54, 1.807) is 18.2 Å². The summed E-state index contributed by atoms with van der Waals surface area (Å²) in [5.41, 5.74) is 2.36. The molecule has 0 aliphatic heterocycles. The monoisotopic (exact) mass is 641 g/mol. The van der Waals surface area contributed by atoms with E-state index in [2.05, 4.69) is 5.32 Å². The number of benzene rings is 4. The molecule has 240 valence electrons. The Morgan fingerprint density at radius 1 is 0.826 bits per heavy atom. The average molecular weight is 642 g/mol. The maximum Gasteiger partial charge on any atom is 0.264 e. The largest absolute Gasteiger partial charge is 0.352 e. The van der Waals surface area contributed by atoms with Crippen LogP contribution in [-0.2, 0) is 32.6 Å². The summed E-state index contributed by atoms with van der Waals surface area (Å²) in [5, 5.41) is 3.20. The lowest BCUT2D eigenvalue weighted by molar-refractivity contribution is -0.140. The first-order valence-corrected chi connectivity index (χ1v) is 17.2. The molecule has 9 heteroatoms. The standard InChI is InChI=1S/C37H40FN3O4S/c1-28-15-11-12-18-30(28)26-40(35(25-29-16-5-2-6-17-29)37(43)39-31-19-7-3-8-20-31)36(42)27-41(34-24-14-13-23-33(34)38)46(44,45)32-21-9-4-10-22-32/h2,4-6,9-18,21-24,31,35H,3,7-8,19-20,25-27H2,1H3,(H,39,43)/t35-/m1/s1. The first-order chi connectivity index (χ1) is 22.2. The Kier molecular flexibility index (Phi) is 10.9. The summed E-state index contributed by atoms with van der Waals surface area (Å²) >= 11 is 0. The number of sulfonamides is 1. The predicted octanol–water partition coefficient (Wildman–Crippen LogP) is 6.42. The minimum absolute atomic E-state index is 0.00306. The molecule has 1 aliphatic carbocycles. The lowest BCUT2D eigenvalue weighted by Crippen LogP contribution is -2.55. The molecule has 0 spiro atoms. The van der Waals surface area contributed by atoms with Crippen molar-refractivity contribution in [2.45, 2.75) is 69.0 Å². The molecule has 0 bridgehead atoms. The molecule has 0 heterocycles. The summed E-state index contributed by atoms with van der Waals surface area (Å²) in [6.07, 6.45) is 5.13. The number of amides is 2. The Labute approximate surface area is 271 Å². The number of halogens is 1. The molecule has 46 heavy (non-hydrogen) atoms. The zero-order chi connectivity index (χ0) is 32.5. The van der Waals surface area contributed by atoms with Gasteiger partial charge in [-0.15, -0.1) is 0 Å². The van der Waals surface area contributed by atoms with E-state index in [1.807, 2.05) is 61.5 Å². The predicted molar refractivity (Wildman–Crippen MR) is 178 cm³/mol. The zero-order valence-corrected chi connectivity index (χ0v) is 26.8. The van der Waals surface area contributed by atoms with Gasteiger partial charge < -0.3 is 10.2 Å². The molecule has 0 saturated heterocycles. The van der Waals surface area contributed by atoms with Crippen molar-refractivity contribution in [3.8, 4) is 0 Å². The maximum atomic E-state index is 15.3. The summed E-state index contributed by atoms with van der Waals surface area (Å²) in [4.78, 5) is 30.1. The number of para-hydroxylation sites is 1. The highest BCUT2D eigenvalue weighted by Gasteiger charge is 2.36. The Morgan fingerprint density at radius 3 is 2.11 bits per heavy atom. The number of aryl methyl sites for hydroxylation is 1. The van der Waals surface area contributed by atoms with Crippen molar-refractivity contribution in [3.63, 3.8) is 0 Å². The van der Waals surface area contributed by atoms with Gasteiger partial charge in [0.05, 0.1) is 10.6 Å². The van der Waals surface area contributed by atoms with Crippen molar-refractivity contribution in [3.05, 3.63) is 132 Å². The van der Waals surface area contributed by atoms with Crippen molar-refractivity contribution in [1.29, 1.82) is 0 Å². The van der Waals surface area contributed by atoms with Gasteiger partial charge in [-0.3, -0.25) is 13.9 Å². The number of anilines is 1. The molecule has 7 nitrogen and oxygen atoms in total. The summed E-state index contributed by atoms with van der Waals surface area (Å²) in [6.45, 7) is 1.29. The zero-order valence-electron chi connectivity index (χ0n) is 26.0. The highest BCUT2D eigenvalue weighted by Crippen LogP contribution is 2.28. The minimum atomic E-state index is -4.37. The van der Waals surface area contributed by atoms with Gasteiger partial charge in [0.1, 0.15) is 18.4 Å². The number of carbonyl (C=O) groups excluding carboxylic acids is 2. The SMILES string of the molecule is Cc1ccccc1CN(C(=O)CN(c1ccccc1F)S(=O)(=O)c1ccccc1)[C@H](Cc1ccccc1)C(=O)NC1CCCCC1. The van der Waals surface area contributed by atoms with Crippen molar-refractivity contribution >= 4 is 27.5 Å². The second kappa shape index (κ2) is 15.2. The molecule has 1 atom stereocenters. The molecular formula is C37H40FN3O4S. The first-order valence-electron chi connectivity index (χ1n) is 15.7. The fourth-order valence-corrected chi connectivity index (χ4v) is 7.40. The van der Waals surface area contributed by atoms with Gasteiger partial charge in [-0.05, 0) is 60.7 Å². The van der Waals surface area contributed by atoms with Crippen LogP contribution in [0.4, 0.5) is 10.1 Å². The molecule has 1 fully saturated rings. The molecule has 2 amide bonds. The maximum absolute atomic E-state index is 15.3. The van der Waals surface area contributed by atoms with Crippen LogP contribution in [0.5, 0.6) is 0 Å². The molecule has 4 aromatic carbocycles. The van der Waals surface area contributed by atoms with E-state index in [-0.39, 0.29) is 35.5 Å². The van der Waals surface area contributed by atoms with Gasteiger partial charge in [-0.1, -0.05) is 104 Å². The van der Waals surface area contributed by atoms with Crippen LogP contribution in [0.15, 0.2) is 114 Å².